The van der Waals surface area contributed by atoms with Crippen molar-refractivity contribution < 1.29 is 15.0 Å². The van der Waals surface area contributed by atoms with E-state index >= 15 is 0 Å². The Kier molecular flexibility index (Phi) is 2.63. The number of aliphatic hydroxyl groups is 1. The molecule has 0 saturated heterocycles. The van der Waals surface area contributed by atoms with Crippen LogP contribution in [0.5, 0.6) is 0 Å². The van der Waals surface area contributed by atoms with Gasteiger partial charge in [-0.3, -0.25) is 10.1 Å². The van der Waals surface area contributed by atoms with Crippen LogP contribution in [0.2, 0.25) is 0 Å². The van der Waals surface area contributed by atoms with Gasteiger partial charge in [-0.15, -0.1) is 0 Å². The van der Waals surface area contributed by atoms with Crippen molar-refractivity contribution in [1.29, 1.82) is 0 Å². The van der Waals surface area contributed by atoms with E-state index in [1.165, 1.54) is 0 Å². The summed E-state index contributed by atoms with van der Waals surface area (Å²) in [6.07, 6.45) is 2.50. The van der Waals surface area contributed by atoms with Crippen LogP contribution in [0.3, 0.4) is 0 Å². The first-order chi connectivity index (χ1) is 5.87. The van der Waals surface area contributed by atoms with Crippen molar-refractivity contribution in [3.63, 3.8) is 0 Å². The number of carboxylic acids is 1. The lowest BCUT2D eigenvalue weighted by Gasteiger charge is -2.37. The number of carbonyl (C=O) groups is 1. The van der Waals surface area contributed by atoms with E-state index in [9.17, 15) is 9.90 Å². The topological polar surface area (TPSA) is 69.6 Å². The summed E-state index contributed by atoms with van der Waals surface area (Å²) in [6.45, 7) is 3.55. The summed E-state index contributed by atoms with van der Waals surface area (Å²) >= 11 is 0. The third kappa shape index (κ3) is 2.00. The predicted octanol–water partition coefficient (Wildman–Crippen LogP) is 0.354. The van der Waals surface area contributed by atoms with Gasteiger partial charge in [-0.25, -0.2) is 0 Å². The van der Waals surface area contributed by atoms with Gasteiger partial charge in [0.1, 0.15) is 0 Å². The first-order valence-electron chi connectivity index (χ1n) is 4.57. The van der Waals surface area contributed by atoms with Gasteiger partial charge >= 0.3 is 5.97 Å². The standard InChI is InChI=1S/C9H17NO3/c1-8(10-6-7(11)12)4-3-5-9(8,2)13/h10,13H,3-6H2,1-2H3,(H,11,12). The fraction of sp³-hybridized carbons (Fsp3) is 0.889. The second kappa shape index (κ2) is 3.27. The Morgan fingerprint density at radius 1 is 1.46 bits per heavy atom. The number of aliphatic carboxylic acids is 1. The molecule has 2 unspecified atom stereocenters. The van der Waals surface area contributed by atoms with E-state index in [2.05, 4.69) is 5.32 Å². The van der Waals surface area contributed by atoms with Crippen molar-refractivity contribution in [3.8, 4) is 0 Å². The molecular formula is C9H17NO3. The molecule has 1 rings (SSSR count). The molecule has 0 amide bonds. The summed E-state index contributed by atoms with van der Waals surface area (Å²) in [6, 6.07) is 0. The SMILES string of the molecule is CC1(O)CCCC1(C)NCC(=O)O. The first kappa shape index (κ1) is 10.5. The maximum atomic E-state index is 10.4. The normalized spacial score (nSPS) is 39.3. The van der Waals surface area contributed by atoms with Gasteiger partial charge in [0.25, 0.3) is 0 Å². The Hall–Kier alpha value is -0.610. The van der Waals surface area contributed by atoms with Crippen LogP contribution in [0.1, 0.15) is 33.1 Å². The van der Waals surface area contributed by atoms with E-state index < -0.39 is 17.1 Å². The average molecular weight is 187 g/mol. The Morgan fingerprint density at radius 2 is 2.08 bits per heavy atom. The maximum absolute atomic E-state index is 10.4. The summed E-state index contributed by atoms with van der Waals surface area (Å²) in [7, 11) is 0. The molecule has 1 aliphatic rings. The molecule has 1 fully saturated rings. The van der Waals surface area contributed by atoms with E-state index in [-0.39, 0.29) is 6.54 Å². The highest BCUT2D eigenvalue weighted by Gasteiger charge is 2.46. The van der Waals surface area contributed by atoms with Gasteiger partial charge in [0, 0.05) is 5.54 Å². The molecule has 3 N–H and O–H groups in total. The molecule has 2 atom stereocenters. The van der Waals surface area contributed by atoms with Crippen molar-refractivity contribution in [2.24, 2.45) is 0 Å². The molecule has 1 aliphatic carbocycles. The Morgan fingerprint density at radius 3 is 2.46 bits per heavy atom. The number of carboxylic acid groups (broad SMARTS) is 1. The molecule has 0 aromatic carbocycles. The van der Waals surface area contributed by atoms with Crippen LogP contribution < -0.4 is 5.32 Å². The molecule has 0 aromatic rings. The zero-order valence-electron chi connectivity index (χ0n) is 8.13. The summed E-state index contributed by atoms with van der Waals surface area (Å²) < 4.78 is 0. The Balaban J connectivity index is 2.59. The van der Waals surface area contributed by atoms with Crippen LogP contribution in [0, 0.1) is 0 Å². The van der Waals surface area contributed by atoms with Crippen molar-refractivity contribution >= 4 is 5.97 Å². The maximum Gasteiger partial charge on any atom is 0.317 e. The third-order valence-electron chi connectivity index (χ3n) is 3.16. The summed E-state index contributed by atoms with van der Waals surface area (Å²) in [5.74, 6) is -0.885. The van der Waals surface area contributed by atoms with Crippen LogP contribution in [-0.4, -0.2) is 33.9 Å². The van der Waals surface area contributed by atoms with Gasteiger partial charge in [-0.05, 0) is 33.1 Å². The van der Waals surface area contributed by atoms with Gasteiger partial charge in [-0.1, -0.05) is 0 Å². The highest BCUT2D eigenvalue weighted by atomic mass is 16.4. The van der Waals surface area contributed by atoms with Crippen LogP contribution in [0.25, 0.3) is 0 Å². The zero-order valence-corrected chi connectivity index (χ0v) is 8.13. The van der Waals surface area contributed by atoms with E-state index in [1.807, 2.05) is 6.92 Å². The molecule has 0 heterocycles. The van der Waals surface area contributed by atoms with Crippen LogP contribution in [-0.2, 0) is 4.79 Å². The highest BCUT2D eigenvalue weighted by molar-refractivity contribution is 5.69. The largest absolute Gasteiger partial charge is 0.480 e. The minimum absolute atomic E-state index is 0.0906. The van der Waals surface area contributed by atoms with Crippen LogP contribution >= 0.6 is 0 Å². The van der Waals surface area contributed by atoms with Crippen LogP contribution in [0.15, 0.2) is 0 Å². The van der Waals surface area contributed by atoms with E-state index in [0.717, 1.165) is 19.3 Å². The summed E-state index contributed by atoms with van der Waals surface area (Å²) in [5.41, 5.74) is -1.24. The molecule has 4 nitrogen and oxygen atoms in total. The predicted molar refractivity (Wildman–Crippen MR) is 48.5 cm³/mol. The van der Waals surface area contributed by atoms with E-state index in [0.29, 0.717) is 0 Å². The fourth-order valence-corrected chi connectivity index (χ4v) is 1.88. The molecule has 0 bridgehead atoms. The fourth-order valence-electron chi connectivity index (χ4n) is 1.88. The quantitative estimate of drug-likeness (QED) is 0.596. The third-order valence-corrected chi connectivity index (χ3v) is 3.16. The molecule has 0 spiro atoms. The van der Waals surface area contributed by atoms with Gasteiger partial charge in [0.15, 0.2) is 0 Å². The zero-order chi connectivity index (χ0) is 10.1. The van der Waals surface area contributed by atoms with Gasteiger partial charge < -0.3 is 10.2 Å². The number of hydrogen-bond acceptors (Lipinski definition) is 3. The van der Waals surface area contributed by atoms with Gasteiger partial charge in [-0.2, -0.15) is 0 Å². The average Bonchev–Trinajstić information content (AvgIpc) is 2.24. The minimum Gasteiger partial charge on any atom is -0.480 e. The van der Waals surface area contributed by atoms with E-state index in [1.54, 1.807) is 6.92 Å². The molecule has 0 aromatic heterocycles. The lowest BCUT2D eigenvalue weighted by Crippen LogP contribution is -2.57. The molecular weight excluding hydrogens is 170 g/mol. The van der Waals surface area contributed by atoms with Crippen molar-refractivity contribution in [3.05, 3.63) is 0 Å². The molecule has 4 heteroatoms. The monoisotopic (exact) mass is 187 g/mol. The molecule has 1 saturated carbocycles. The second-order valence-electron chi connectivity index (χ2n) is 4.21. The molecule has 13 heavy (non-hydrogen) atoms. The molecule has 76 valence electrons. The Labute approximate surface area is 78.0 Å². The number of hydrogen-bond donors (Lipinski definition) is 3. The van der Waals surface area contributed by atoms with E-state index in [4.69, 9.17) is 5.11 Å². The highest BCUT2D eigenvalue weighted by Crippen LogP contribution is 2.38. The Bertz CT molecular complexity index is 215. The van der Waals surface area contributed by atoms with Crippen molar-refractivity contribution in [2.45, 2.75) is 44.2 Å². The molecule has 0 aliphatic heterocycles. The van der Waals surface area contributed by atoms with Gasteiger partial charge in [0.05, 0.1) is 12.1 Å². The smallest absolute Gasteiger partial charge is 0.317 e. The second-order valence-corrected chi connectivity index (χ2v) is 4.21. The minimum atomic E-state index is -0.885. The number of nitrogens with one attached hydrogen (secondary N) is 1. The van der Waals surface area contributed by atoms with Gasteiger partial charge in [0.2, 0.25) is 0 Å². The lowest BCUT2D eigenvalue weighted by atomic mass is 9.86. The summed E-state index contributed by atoms with van der Waals surface area (Å²) in [5, 5.41) is 21.4. The first-order valence-corrected chi connectivity index (χ1v) is 4.57. The van der Waals surface area contributed by atoms with Crippen molar-refractivity contribution in [2.75, 3.05) is 6.54 Å². The van der Waals surface area contributed by atoms with Crippen LogP contribution in [0.4, 0.5) is 0 Å². The number of rotatable bonds is 3. The summed E-state index contributed by atoms with van der Waals surface area (Å²) in [4.78, 5) is 10.4. The van der Waals surface area contributed by atoms with Crippen molar-refractivity contribution in [1.82, 2.24) is 5.32 Å². The lowest BCUT2D eigenvalue weighted by molar-refractivity contribution is -0.136. The molecule has 0 radical (unpaired) electrons.